The van der Waals surface area contributed by atoms with Crippen molar-refractivity contribution in [1.29, 1.82) is 0 Å². The summed E-state index contributed by atoms with van der Waals surface area (Å²) in [6.45, 7) is 10.5. The van der Waals surface area contributed by atoms with Crippen molar-refractivity contribution in [3.8, 4) is 16.9 Å². The predicted molar refractivity (Wildman–Crippen MR) is 129 cm³/mol. The molecule has 4 nitrogen and oxygen atoms in total. The van der Waals surface area contributed by atoms with Crippen molar-refractivity contribution in [3.05, 3.63) is 60.7 Å². The van der Waals surface area contributed by atoms with Gasteiger partial charge in [0.15, 0.2) is 0 Å². The maximum Gasteiger partial charge on any atom is 0.250 e. The van der Waals surface area contributed by atoms with E-state index in [1.54, 1.807) is 0 Å². The summed E-state index contributed by atoms with van der Waals surface area (Å²) in [6, 6.07) is 16.2. The summed E-state index contributed by atoms with van der Waals surface area (Å²) in [7, 11) is 2.16. The summed E-state index contributed by atoms with van der Waals surface area (Å²) in [6.07, 6.45) is 5.32. The number of carbonyl (C=O) groups excluding carboxylic acids is 1. The molecule has 1 saturated heterocycles. The van der Waals surface area contributed by atoms with Gasteiger partial charge in [-0.3, -0.25) is 4.79 Å². The van der Waals surface area contributed by atoms with Gasteiger partial charge in [-0.2, -0.15) is 0 Å². The standard InChI is InChI=1S/C27H36N2O2/c1-5-21(6-2)18-20(3)27(30)28-24-9-7-8-23(19-24)22-10-12-25(13-11-22)31-26-14-16-29(4)17-15-26/h7-13,19,21,26H,3,5-6,14-18H2,1-2,4H3,(H,28,30). The largest absolute Gasteiger partial charge is 0.490 e. The topological polar surface area (TPSA) is 41.6 Å². The van der Waals surface area contributed by atoms with Crippen molar-refractivity contribution < 1.29 is 9.53 Å². The van der Waals surface area contributed by atoms with Gasteiger partial charge in [0.2, 0.25) is 0 Å². The number of hydrogen-bond donors (Lipinski definition) is 1. The van der Waals surface area contributed by atoms with Crippen LogP contribution in [-0.2, 0) is 4.79 Å². The second-order valence-electron chi connectivity index (χ2n) is 8.67. The summed E-state index contributed by atoms with van der Waals surface area (Å²) >= 11 is 0. The first-order valence-corrected chi connectivity index (χ1v) is 11.5. The molecule has 0 unspecified atom stereocenters. The quantitative estimate of drug-likeness (QED) is 0.495. The van der Waals surface area contributed by atoms with E-state index in [1.807, 2.05) is 30.3 Å². The van der Waals surface area contributed by atoms with Crippen LogP contribution >= 0.6 is 0 Å². The van der Waals surface area contributed by atoms with E-state index in [2.05, 4.69) is 55.9 Å². The Morgan fingerprint density at radius 1 is 1.10 bits per heavy atom. The lowest BCUT2D eigenvalue weighted by Crippen LogP contribution is -2.35. The molecule has 31 heavy (non-hydrogen) atoms. The first-order chi connectivity index (χ1) is 15.0. The van der Waals surface area contributed by atoms with Crippen LogP contribution in [0.3, 0.4) is 0 Å². The van der Waals surface area contributed by atoms with Crippen LogP contribution in [-0.4, -0.2) is 37.0 Å². The van der Waals surface area contributed by atoms with Crippen LogP contribution in [0, 0.1) is 5.92 Å². The van der Waals surface area contributed by atoms with E-state index in [1.165, 1.54) is 0 Å². The molecular weight excluding hydrogens is 384 g/mol. The van der Waals surface area contributed by atoms with Crippen LogP contribution in [0.2, 0.25) is 0 Å². The minimum Gasteiger partial charge on any atom is -0.490 e. The number of anilines is 1. The fraction of sp³-hybridized carbons (Fsp3) is 0.444. The van der Waals surface area contributed by atoms with Crippen molar-refractivity contribution in [2.45, 2.75) is 52.1 Å². The third-order valence-electron chi connectivity index (χ3n) is 6.29. The summed E-state index contributed by atoms with van der Waals surface area (Å²) in [4.78, 5) is 14.9. The Morgan fingerprint density at radius 2 is 1.77 bits per heavy atom. The number of amides is 1. The van der Waals surface area contributed by atoms with E-state index in [9.17, 15) is 4.79 Å². The van der Waals surface area contributed by atoms with Crippen LogP contribution in [0.15, 0.2) is 60.7 Å². The summed E-state index contributed by atoms with van der Waals surface area (Å²) < 4.78 is 6.15. The van der Waals surface area contributed by atoms with E-state index in [4.69, 9.17) is 4.74 Å². The van der Waals surface area contributed by atoms with Gasteiger partial charge in [-0.05, 0) is 67.6 Å². The molecule has 0 aromatic heterocycles. The van der Waals surface area contributed by atoms with Gasteiger partial charge < -0.3 is 15.0 Å². The molecule has 0 aliphatic carbocycles. The number of benzene rings is 2. The zero-order valence-electron chi connectivity index (χ0n) is 19.2. The highest BCUT2D eigenvalue weighted by Crippen LogP contribution is 2.27. The van der Waals surface area contributed by atoms with Crippen molar-refractivity contribution in [2.75, 3.05) is 25.5 Å². The molecule has 0 saturated carbocycles. The van der Waals surface area contributed by atoms with E-state index >= 15 is 0 Å². The molecule has 4 heteroatoms. The minimum absolute atomic E-state index is 0.0917. The highest BCUT2D eigenvalue weighted by Gasteiger charge is 2.18. The van der Waals surface area contributed by atoms with Crippen molar-refractivity contribution in [3.63, 3.8) is 0 Å². The van der Waals surface area contributed by atoms with Gasteiger partial charge in [0.05, 0.1) is 0 Å². The molecule has 1 N–H and O–H groups in total. The number of carbonyl (C=O) groups is 1. The molecule has 0 radical (unpaired) electrons. The molecule has 1 aliphatic heterocycles. The molecule has 3 rings (SSSR count). The maximum atomic E-state index is 12.6. The van der Waals surface area contributed by atoms with Crippen molar-refractivity contribution in [1.82, 2.24) is 4.90 Å². The highest BCUT2D eigenvalue weighted by molar-refractivity contribution is 6.03. The van der Waals surface area contributed by atoms with Crippen LogP contribution in [0.5, 0.6) is 5.75 Å². The Kier molecular flexibility index (Phi) is 8.30. The molecular formula is C27H36N2O2. The maximum absolute atomic E-state index is 12.6. The van der Waals surface area contributed by atoms with Crippen LogP contribution in [0.4, 0.5) is 5.69 Å². The van der Waals surface area contributed by atoms with Crippen LogP contribution in [0.1, 0.15) is 46.0 Å². The summed E-state index contributed by atoms with van der Waals surface area (Å²) in [5.74, 6) is 1.34. The van der Waals surface area contributed by atoms with Gasteiger partial charge in [-0.25, -0.2) is 0 Å². The zero-order valence-corrected chi connectivity index (χ0v) is 19.2. The number of nitrogens with one attached hydrogen (secondary N) is 1. The molecule has 1 fully saturated rings. The van der Waals surface area contributed by atoms with Crippen molar-refractivity contribution >= 4 is 11.6 Å². The molecule has 0 atom stereocenters. The van der Waals surface area contributed by atoms with Gasteiger partial charge >= 0.3 is 0 Å². The lowest BCUT2D eigenvalue weighted by atomic mass is 9.95. The fourth-order valence-corrected chi connectivity index (χ4v) is 4.04. The highest BCUT2D eigenvalue weighted by atomic mass is 16.5. The molecule has 0 spiro atoms. The first-order valence-electron chi connectivity index (χ1n) is 11.5. The van der Waals surface area contributed by atoms with E-state index in [0.717, 1.165) is 67.8 Å². The summed E-state index contributed by atoms with van der Waals surface area (Å²) in [5.41, 5.74) is 3.60. The molecule has 1 aliphatic rings. The Hall–Kier alpha value is -2.59. The molecule has 1 amide bonds. The average Bonchev–Trinajstić information content (AvgIpc) is 2.79. The molecule has 0 bridgehead atoms. The van der Waals surface area contributed by atoms with Crippen molar-refractivity contribution in [2.24, 2.45) is 5.92 Å². The van der Waals surface area contributed by atoms with E-state index in [0.29, 0.717) is 17.6 Å². The number of rotatable bonds is 9. The van der Waals surface area contributed by atoms with Crippen LogP contribution in [0.25, 0.3) is 11.1 Å². The summed E-state index contributed by atoms with van der Waals surface area (Å²) in [5, 5.41) is 3.01. The Morgan fingerprint density at radius 3 is 2.42 bits per heavy atom. The average molecular weight is 421 g/mol. The van der Waals surface area contributed by atoms with Gasteiger partial charge in [0, 0.05) is 24.4 Å². The van der Waals surface area contributed by atoms with Gasteiger partial charge in [-0.15, -0.1) is 0 Å². The zero-order chi connectivity index (χ0) is 22.2. The molecule has 2 aromatic rings. The molecule has 1 heterocycles. The number of hydrogen-bond acceptors (Lipinski definition) is 3. The predicted octanol–water partition coefficient (Wildman–Crippen LogP) is 6.15. The smallest absolute Gasteiger partial charge is 0.250 e. The monoisotopic (exact) mass is 420 g/mol. The first kappa shape index (κ1) is 23.1. The Labute approximate surface area is 187 Å². The van der Waals surface area contributed by atoms with Gasteiger partial charge in [0.25, 0.3) is 5.91 Å². The van der Waals surface area contributed by atoms with E-state index in [-0.39, 0.29) is 5.91 Å². The minimum atomic E-state index is -0.0917. The molecule has 2 aromatic carbocycles. The van der Waals surface area contributed by atoms with Gasteiger partial charge in [-0.1, -0.05) is 57.5 Å². The number of ether oxygens (including phenoxy) is 1. The normalized spacial score (nSPS) is 15.1. The lowest BCUT2D eigenvalue weighted by molar-refractivity contribution is -0.113. The number of likely N-dealkylation sites (tertiary alicyclic amines) is 1. The number of piperidine rings is 1. The second kappa shape index (κ2) is 11.1. The number of nitrogens with zero attached hydrogens (tertiary/aromatic N) is 1. The SMILES string of the molecule is C=C(CC(CC)CC)C(=O)Nc1cccc(-c2ccc(OC3CCN(C)CC3)cc2)c1. The molecule has 166 valence electrons. The van der Waals surface area contributed by atoms with Crippen LogP contribution < -0.4 is 10.1 Å². The Bertz CT molecular complexity index is 863. The van der Waals surface area contributed by atoms with Gasteiger partial charge in [0.1, 0.15) is 11.9 Å². The van der Waals surface area contributed by atoms with E-state index < -0.39 is 0 Å². The second-order valence-corrected chi connectivity index (χ2v) is 8.67. The fourth-order valence-electron chi connectivity index (χ4n) is 4.04. The lowest BCUT2D eigenvalue weighted by Gasteiger charge is -2.29. The Balaban J connectivity index is 1.60. The third kappa shape index (κ3) is 6.70. The third-order valence-corrected chi connectivity index (χ3v) is 6.29.